The number of anilines is 2. The summed E-state index contributed by atoms with van der Waals surface area (Å²) < 4.78 is 5.51. The van der Waals surface area contributed by atoms with Crippen LogP contribution in [0.25, 0.3) is 0 Å². The van der Waals surface area contributed by atoms with E-state index >= 15 is 0 Å². The molecular weight excluding hydrogens is 372 g/mol. The van der Waals surface area contributed by atoms with Crippen LogP contribution < -0.4 is 25.2 Å². The second kappa shape index (κ2) is 9.64. The standard InChI is InChI=1S/C20H30N6OS/c1-5-21-19(22-12-16-14-28-20(24-16)25(2)3)23-15-10-11-26(13-15)17-8-6-7-9-18(17)27-4/h6-9,14-15H,5,10-13H2,1-4H3,(H2,21,22,23). The maximum atomic E-state index is 5.51. The van der Waals surface area contributed by atoms with Crippen molar-refractivity contribution in [1.29, 1.82) is 0 Å². The highest BCUT2D eigenvalue weighted by Crippen LogP contribution is 2.30. The Morgan fingerprint density at radius 3 is 2.93 bits per heavy atom. The quantitative estimate of drug-likeness (QED) is 0.548. The smallest absolute Gasteiger partial charge is 0.191 e. The average Bonchev–Trinajstić information content (AvgIpc) is 3.36. The molecule has 2 N–H and O–H groups in total. The Kier molecular flexibility index (Phi) is 6.97. The van der Waals surface area contributed by atoms with Crippen LogP contribution in [0.1, 0.15) is 19.0 Å². The predicted octanol–water partition coefficient (Wildman–Crippen LogP) is 2.55. The summed E-state index contributed by atoms with van der Waals surface area (Å²) in [6.45, 7) is 5.40. The van der Waals surface area contributed by atoms with Gasteiger partial charge in [0.05, 0.1) is 25.0 Å². The summed E-state index contributed by atoms with van der Waals surface area (Å²) in [4.78, 5) is 13.7. The normalized spacial score (nSPS) is 16.9. The molecule has 1 unspecified atom stereocenters. The minimum atomic E-state index is 0.343. The summed E-state index contributed by atoms with van der Waals surface area (Å²) in [6.07, 6.45) is 1.06. The van der Waals surface area contributed by atoms with Crippen molar-refractivity contribution in [2.45, 2.75) is 25.9 Å². The fourth-order valence-corrected chi connectivity index (χ4v) is 3.99. The van der Waals surface area contributed by atoms with Crippen LogP contribution in [0.3, 0.4) is 0 Å². The molecule has 7 nitrogen and oxygen atoms in total. The maximum absolute atomic E-state index is 5.51. The van der Waals surface area contributed by atoms with E-state index in [1.54, 1.807) is 18.4 Å². The summed E-state index contributed by atoms with van der Waals surface area (Å²) in [5.41, 5.74) is 2.14. The van der Waals surface area contributed by atoms with Gasteiger partial charge in [0.2, 0.25) is 0 Å². The van der Waals surface area contributed by atoms with E-state index in [4.69, 9.17) is 9.73 Å². The lowest BCUT2D eigenvalue weighted by Crippen LogP contribution is -2.44. The highest BCUT2D eigenvalue weighted by atomic mass is 32.1. The lowest BCUT2D eigenvalue weighted by atomic mass is 10.2. The van der Waals surface area contributed by atoms with Crippen molar-refractivity contribution in [3.8, 4) is 5.75 Å². The Morgan fingerprint density at radius 2 is 2.21 bits per heavy atom. The number of nitrogens with zero attached hydrogens (tertiary/aromatic N) is 4. The molecule has 3 rings (SSSR count). The van der Waals surface area contributed by atoms with E-state index in [-0.39, 0.29) is 0 Å². The fraction of sp³-hybridized carbons (Fsp3) is 0.500. The van der Waals surface area contributed by atoms with Crippen molar-refractivity contribution < 1.29 is 4.74 Å². The molecule has 0 radical (unpaired) electrons. The van der Waals surface area contributed by atoms with E-state index in [9.17, 15) is 0 Å². The highest BCUT2D eigenvalue weighted by Gasteiger charge is 2.25. The van der Waals surface area contributed by atoms with Gasteiger partial charge in [-0.25, -0.2) is 9.98 Å². The van der Waals surface area contributed by atoms with Crippen LogP contribution in [0, 0.1) is 0 Å². The monoisotopic (exact) mass is 402 g/mol. The summed E-state index contributed by atoms with van der Waals surface area (Å²) in [5, 5.41) is 10.00. The van der Waals surface area contributed by atoms with Gasteiger partial charge in [-0.15, -0.1) is 11.3 Å². The third-order valence-electron chi connectivity index (χ3n) is 4.62. The van der Waals surface area contributed by atoms with Crippen LogP contribution >= 0.6 is 11.3 Å². The van der Waals surface area contributed by atoms with Crippen molar-refractivity contribution in [2.75, 3.05) is 50.6 Å². The largest absolute Gasteiger partial charge is 0.495 e. The van der Waals surface area contributed by atoms with Crippen LogP contribution in [0.2, 0.25) is 0 Å². The van der Waals surface area contributed by atoms with Crippen molar-refractivity contribution in [3.63, 3.8) is 0 Å². The number of guanidine groups is 1. The molecule has 1 aromatic carbocycles. The highest BCUT2D eigenvalue weighted by molar-refractivity contribution is 7.13. The summed E-state index contributed by atoms with van der Waals surface area (Å²) in [5.74, 6) is 1.76. The number of nitrogens with one attached hydrogen (secondary N) is 2. The van der Waals surface area contributed by atoms with Crippen molar-refractivity contribution in [1.82, 2.24) is 15.6 Å². The molecule has 8 heteroatoms. The first-order valence-electron chi connectivity index (χ1n) is 9.65. The molecule has 1 atom stereocenters. The number of rotatable bonds is 7. The molecule has 1 aliphatic rings. The number of hydrogen-bond acceptors (Lipinski definition) is 6. The molecule has 0 saturated carbocycles. The molecule has 1 aromatic heterocycles. The van der Waals surface area contributed by atoms with Crippen LogP contribution in [-0.2, 0) is 6.54 Å². The molecule has 0 amide bonds. The van der Waals surface area contributed by atoms with Crippen LogP contribution in [0.15, 0.2) is 34.6 Å². The SMILES string of the molecule is CCNC(=NCc1csc(N(C)C)n1)NC1CCN(c2ccccc2OC)C1. The number of para-hydroxylation sites is 2. The molecule has 1 saturated heterocycles. The third kappa shape index (κ3) is 5.07. The predicted molar refractivity (Wildman–Crippen MR) is 118 cm³/mol. The molecule has 2 aromatic rings. The molecule has 1 aliphatic heterocycles. The van der Waals surface area contributed by atoms with Crippen molar-refractivity contribution in [2.24, 2.45) is 4.99 Å². The fourth-order valence-electron chi connectivity index (χ4n) is 3.24. The van der Waals surface area contributed by atoms with Gasteiger partial charge in [0.1, 0.15) is 5.75 Å². The van der Waals surface area contributed by atoms with E-state index < -0.39 is 0 Å². The minimum absolute atomic E-state index is 0.343. The minimum Gasteiger partial charge on any atom is -0.495 e. The Hall–Kier alpha value is -2.48. The van der Waals surface area contributed by atoms with Gasteiger partial charge < -0.3 is 25.2 Å². The van der Waals surface area contributed by atoms with Gasteiger partial charge >= 0.3 is 0 Å². The van der Waals surface area contributed by atoms with Gasteiger partial charge in [-0.1, -0.05) is 12.1 Å². The number of ether oxygens (including phenoxy) is 1. The molecule has 0 bridgehead atoms. The van der Waals surface area contributed by atoms with Crippen molar-refractivity contribution >= 4 is 28.1 Å². The second-order valence-corrected chi connectivity index (χ2v) is 7.80. The Morgan fingerprint density at radius 1 is 1.39 bits per heavy atom. The first-order chi connectivity index (χ1) is 13.6. The molecular formula is C20H30N6OS. The summed E-state index contributed by atoms with van der Waals surface area (Å²) in [6, 6.07) is 8.53. The molecule has 1 fully saturated rings. The zero-order chi connectivity index (χ0) is 19.9. The topological polar surface area (TPSA) is 65.0 Å². The summed E-state index contributed by atoms with van der Waals surface area (Å²) in [7, 11) is 5.73. The first-order valence-corrected chi connectivity index (χ1v) is 10.5. The molecule has 152 valence electrons. The maximum Gasteiger partial charge on any atom is 0.191 e. The zero-order valence-electron chi connectivity index (χ0n) is 17.1. The van der Waals surface area contributed by atoms with Gasteiger partial charge in [0.15, 0.2) is 11.1 Å². The number of hydrogen-bond donors (Lipinski definition) is 2. The van der Waals surface area contributed by atoms with Gasteiger partial charge in [-0.05, 0) is 25.5 Å². The number of aliphatic imine (C=N–C) groups is 1. The second-order valence-electron chi connectivity index (χ2n) is 6.96. The average molecular weight is 403 g/mol. The molecule has 0 aliphatic carbocycles. The lowest BCUT2D eigenvalue weighted by molar-refractivity contribution is 0.415. The Labute approximate surface area is 171 Å². The van der Waals surface area contributed by atoms with Gasteiger partial charge in [0.25, 0.3) is 0 Å². The Balaban J connectivity index is 1.61. The van der Waals surface area contributed by atoms with Gasteiger partial charge in [-0.2, -0.15) is 0 Å². The number of aromatic nitrogens is 1. The molecule has 2 heterocycles. The van der Waals surface area contributed by atoms with E-state index in [2.05, 4.69) is 45.0 Å². The van der Waals surface area contributed by atoms with Gasteiger partial charge in [0, 0.05) is 45.2 Å². The number of methoxy groups -OCH3 is 1. The number of thiazole rings is 1. The zero-order valence-corrected chi connectivity index (χ0v) is 17.9. The Bertz CT molecular complexity index is 791. The van der Waals surface area contributed by atoms with Crippen molar-refractivity contribution in [3.05, 3.63) is 35.3 Å². The third-order valence-corrected chi connectivity index (χ3v) is 5.68. The number of benzene rings is 1. The van der Waals surface area contributed by atoms with E-state index in [1.807, 2.05) is 31.1 Å². The molecule has 0 spiro atoms. The summed E-state index contributed by atoms with van der Waals surface area (Å²) >= 11 is 1.64. The lowest BCUT2D eigenvalue weighted by Gasteiger charge is -2.22. The van der Waals surface area contributed by atoms with Crippen LogP contribution in [0.4, 0.5) is 10.8 Å². The first kappa shape index (κ1) is 20.3. The van der Waals surface area contributed by atoms with E-state index in [0.717, 1.165) is 54.3 Å². The van der Waals surface area contributed by atoms with Crippen LogP contribution in [-0.4, -0.2) is 57.8 Å². The van der Waals surface area contributed by atoms with Crippen LogP contribution in [0.5, 0.6) is 5.75 Å². The van der Waals surface area contributed by atoms with Gasteiger partial charge in [-0.3, -0.25) is 0 Å². The van der Waals surface area contributed by atoms with E-state index in [1.165, 1.54) is 0 Å². The molecule has 28 heavy (non-hydrogen) atoms. The van der Waals surface area contributed by atoms with E-state index in [0.29, 0.717) is 12.6 Å².